The van der Waals surface area contributed by atoms with Gasteiger partial charge in [-0.2, -0.15) is 0 Å². The molecule has 0 spiro atoms. The van der Waals surface area contributed by atoms with Crippen molar-refractivity contribution < 1.29 is 0 Å². The van der Waals surface area contributed by atoms with Gasteiger partial charge in [0.2, 0.25) is 0 Å². The summed E-state index contributed by atoms with van der Waals surface area (Å²) in [5.74, 6) is 7.07. The Kier molecular flexibility index (Phi) is 2.79. The van der Waals surface area contributed by atoms with Gasteiger partial charge in [-0.25, -0.2) is 15.8 Å². The maximum atomic E-state index is 5.48. The Labute approximate surface area is 106 Å². The van der Waals surface area contributed by atoms with E-state index in [2.05, 4.69) is 27.2 Å². The first kappa shape index (κ1) is 11.3. The van der Waals surface area contributed by atoms with Crippen molar-refractivity contribution in [2.75, 3.05) is 16.9 Å². The van der Waals surface area contributed by atoms with Crippen molar-refractivity contribution in [2.24, 2.45) is 5.84 Å². The Morgan fingerprint density at radius 3 is 3.06 bits per heavy atom. The molecule has 6 heteroatoms. The topological polar surface area (TPSA) is 71.5 Å². The Balaban J connectivity index is 2.09. The van der Waals surface area contributed by atoms with E-state index in [-0.39, 0.29) is 0 Å². The predicted octanol–water partition coefficient (Wildman–Crippen LogP) is 1.39. The summed E-state index contributed by atoms with van der Waals surface area (Å²) in [6.45, 7) is 3.19. The van der Waals surface area contributed by atoms with Crippen molar-refractivity contribution in [2.45, 2.75) is 32.2 Å². The third kappa shape index (κ3) is 1.88. The molecule has 0 amide bonds. The number of hydrogen-bond acceptors (Lipinski definition) is 5. The van der Waals surface area contributed by atoms with Crippen molar-refractivity contribution in [3.63, 3.8) is 0 Å². The van der Waals surface area contributed by atoms with Crippen LogP contribution in [0.5, 0.6) is 0 Å². The zero-order valence-electron chi connectivity index (χ0n) is 10.5. The lowest BCUT2D eigenvalue weighted by Crippen LogP contribution is -2.28. The summed E-state index contributed by atoms with van der Waals surface area (Å²) in [5, 5.41) is 0. The lowest BCUT2D eigenvalue weighted by atomic mass is 10.3. The van der Waals surface area contributed by atoms with E-state index < -0.39 is 0 Å². The number of imidazole rings is 1. The third-order valence-corrected chi connectivity index (χ3v) is 3.23. The van der Waals surface area contributed by atoms with E-state index in [0.29, 0.717) is 11.9 Å². The monoisotopic (exact) mass is 246 g/mol. The highest BCUT2D eigenvalue weighted by Crippen LogP contribution is 2.33. The molecule has 1 fully saturated rings. The van der Waals surface area contributed by atoms with Gasteiger partial charge < -0.3 is 14.7 Å². The van der Waals surface area contributed by atoms with Gasteiger partial charge in [0.15, 0.2) is 17.3 Å². The lowest BCUT2D eigenvalue weighted by Gasteiger charge is -2.23. The van der Waals surface area contributed by atoms with Crippen LogP contribution >= 0.6 is 0 Å². The number of nitrogens with two attached hydrogens (primary N) is 1. The Morgan fingerprint density at radius 2 is 2.39 bits per heavy atom. The highest BCUT2D eigenvalue weighted by atomic mass is 15.3. The Morgan fingerprint density at radius 1 is 1.56 bits per heavy atom. The molecule has 6 nitrogen and oxygen atoms in total. The predicted molar refractivity (Wildman–Crippen MR) is 71.5 cm³/mol. The second kappa shape index (κ2) is 4.45. The van der Waals surface area contributed by atoms with Gasteiger partial charge in [-0.3, -0.25) is 0 Å². The summed E-state index contributed by atoms with van der Waals surface area (Å²) in [6.07, 6.45) is 9.15. The number of fused-ring (bicyclic) bond motifs is 1. The molecule has 0 bridgehead atoms. The van der Waals surface area contributed by atoms with Crippen LogP contribution in [0.15, 0.2) is 18.6 Å². The second-order valence-electron chi connectivity index (χ2n) is 4.68. The standard InChI is InChI=1S/C12H18N6/c1-2-6-18(9-3-4-9)12-11-14-5-7-17(11)8-10(15-12)16-13/h5,7-9,16H,2-4,6,13H2,1H3. The van der Waals surface area contributed by atoms with Crippen LogP contribution in [-0.2, 0) is 0 Å². The fraction of sp³-hybridized carbons (Fsp3) is 0.500. The Hall–Kier alpha value is -1.82. The third-order valence-electron chi connectivity index (χ3n) is 3.23. The van der Waals surface area contributed by atoms with Crippen LogP contribution in [0.25, 0.3) is 5.65 Å². The number of anilines is 2. The molecule has 0 unspecified atom stereocenters. The molecule has 0 aromatic carbocycles. The molecule has 0 saturated heterocycles. The van der Waals surface area contributed by atoms with Gasteiger partial charge in [-0.1, -0.05) is 6.92 Å². The fourth-order valence-corrected chi connectivity index (χ4v) is 2.27. The number of nitrogen functional groups attached to an aromatic ring is 1. The summed E-state index contributed by atoms with van der Waals surface area (Å²) in [7, 11) is 0. The zero-order chi connectivity index (χ0) is 12.5. The van der Waals surface area contributed by atoms with Crippen molar-refractivity contribution in [3.8, 4) is 0 Å². The number of rotatable bonds is 5. The van der Waals surface area contributed by atoms with Crippen LogP contribution in [0.2, 0.25) is 0 Å². The zero-order valence-corrected chi connectivity index (χ0v) is 10.5. The van der Waals surface area contributed by atoms with E-state index in [9.17, 15) is 0 Å². The second-order valence-corrected chi connectivity index (χ2v) is 4.68. The van der Waals surface area contributed by atoms with Crippen LogP contribution in [0, 0.1) is 0 Å². The van der Waals surface area contributed by atoms with Gasteiger partial charge >= 0.3 is 0 Å². The van der Waals surface area contributed by atoms with Crippen LogP contribution in [0.1, 0.15) is 26.2 Å². The number of nitrogens with zero attached hydrogens (tertiary/aromatic N) is 4. The van der Waals surface area contributed by atoms with Crippen LogP contribution < -0.4 is 16.2 Å². The number of hydrazine groups is 1. The van der Waals surface area contributed by atoms with Crippen LogP contribution in [0.4, 0.5) is 11.6 Å². The molecule has 2 heterocycles. The summed E-state index contributed by atoms with van der Waals surface area (Å²) in [4.78, 5) is 11.3. The van der Waals surface area contributed by atoms with Gasteiger partial charge in [0.05, 0.1) is 6.20 Å². The SMILES string of the molecule is CCCN(c1nc(NN)cn2ccnc12)C1CC1. The van der Waals surface area contributed by atoms with E-state index in [4.69, 9.17) is 5.84 Å². The fourth-order valence-electron chi connectivity index (χ4n) is 2.27. The summed E-state index contributed by atoms with van der Waals surface area (Å²) < 4.78 is 1.96. The smallest absolute Gasteiger partial charge is 0.180 e. The number of aromatic nitrogens is 3. The van der Waals surface area contributed by atoms with Gasteiger partial charge in [0.1, 0.15) is 0 Å². The highest BCUT2D eigenvalue weighted by Gasteiger charge is 2.31. The van der Waals surface area contributed by atoms with Crippen molar-refractivity contribution in [1.82, 2.24) is 14.4 Å². The van der Waals surface area contributed by atoms with Crippen molar-refractivity contribution in [1.29, 1.82) is 0 Å². The number of hydrogen-bond donors (Lipinski definition) is 2. The molecule has 96 valence electrons. The average molecular weight is 246 g/mol. The first-order chi connectivity index (χ1) is 8.83. The summed E-state index contributed by atoms with van der Waals surface area (Å²) in [5.41, 5.74) is 3.52. The van der Waals surface area contributed by atoms with Gasteiger partial charge in [-0.15, -0.1) is 0 Å². The molecule has 3 N–H and O–H groups in total. The molecule has 1 aliphatic carbocycles. The summed E-state index contributed by atoms with van der Waals surface area (Å²) in [6, 6.07) is 0.617. The van der Waals surface area contributed by atoms with E-state index in [1.165, 1.54) is 12.8 Å². The largest absolute Gasteiger partial charge is 0.350 e. The first-order valence-corrected chi connectivity index (χ1v) is 6.40. The van der Waals surface area contributed by atoms with Crippen LogP contribution in [-0.4, -0.2) is 27.0 Å². The molecule has 2 aromatic rings. The molecular weight excluding hydrogens is 228 g/mol. The van der Waals surface area contributed by atoms with E-state index in [0.717, 1.165) is 24.4 Å². The molecule has 0 radical (unpaired) electrons. The van der Waals surface area contributed by atoms with Gasteiger partial charge in [0, 0.05) is 25.0 Å². The highest BCUT2D eigenvalue weighted by molar-refractivity contribution is 5.67. The van der Waals surface area contributed by atoms with Crippen molar-refractivity contribution >= 4 is 17.3 Å². The Bertz CT molecular complexity index is 544. The molecule has 3 rings (SSSR count). The molecule has 0 atom stereocenters. The van der Waals surface area contributed by atoms with E-state index in [1.807, 2.05) is 16.8 Å². The molecule has 2 aromatic heterocycles. The molecule has 18 heavy (non-hydrogen) atoms. The minimum absolute atomic E-state index is 0.617. The summed E-state index contributed by atoms with van der Waals surface area (Å²) >= 11 is 0. The van der Waals surface area contributed by atoms with Crippen molar-refractivity contribution in [3.05, 3.63) is 18.6 Å². The average Bonchev–Trinajstić information content (AvgIpc) is 3.12. The molecular formula is C12H18N6. The molecule has 1 aliphatic rings. The van der Waals surface area contributed by atoms with E-state index in [1.54, 1.807) is 6.20 Å². The maximum Gasteiger partial charge on any atom is 0.180 e. The van der Waals surface area contributed by atoms with Gasteiger partial charge in [0.25, 0.3) is 0 Å². The van der Waals surface area contributed by atoms with E-state index >= 15 is 0 Å². The first-order valence-electron chi connectivity index (χ1n) is 6.40. The van der Waals surface area contributed by atoms with Crippen LogP contribution in [0.3, 0.4) is 0 Å². The normalized spacial score (nSPS) is 15.0. The molecule has 1 saturated carbocycles. The lowest BCUT2D eigenvalue weighted by molar-refractivity contribution is 0.750. The minimum Gasteiger partial charge on any atom is -0.350 e. The number of nitrogens with one attached hydrogen (secondary N) is 1. The molecule has 0 aliphatic heterocycles. The maximum absolute atomic E-state index is 5.48. The quantitative estimate of drug-likeness (QED) is 0.616. The van der Waals surface area contributed by atoms with Gasteiger partial charge in [-0.05, 0) is 19.3 Å². The minimum atomic E-state index is 0.617.